The normalized spacial score (nSPS) is 10.1. The third-order valence-corrected chi connectivity index (χ3v) is 2.52. The van der Waals surface area contributed by atoms with E-state index in [2.05, 4.69) is 17.2 Å². The van der Waals surface area contributed by atoms with Crippen molar-refractivity contribution >= 4 is 17.6 Å². The maximum absolute atomic E-state index is 11.6. The van der Waals surface area contributed by atoms with E-state index in [1.54, 1.807) is 6.07 Å². The van der Waals surface area contributed by atoms with Crippen molar-refractivity contribution in [3.8, 4) is 0 Å². The maximum Gasteiger partial charge on any atom is 0.354 e. The number of amides is 1. The summed E-state index contributed by atoms with van der Waals surface area (Å²) in [6.45, 7) is 2.12. The average Bonchev–Trinajstić information content (AvgIpc) is 2.35. The summed E-state index contributed by atoms with van der Waals surface area (Å²) in [7, 11) is 0. The number of nitrogens with one attached hydrogen (secondary N) is 1. The number of anilines is 1. The average molecular weight is 250 g/mol. The minimum absolute atomic E-state index is 0.0706. The van der Waals surface area contributed by atoms with Crippen LogP contribution in [0.4, 0.5) is 5.69 Å². The fraction of sp³-hybridized carbons (Fsp3) is 0.462. The lowest BCUT2D eigenvalue weighted by Gasteiger charge is -2.05. The molecule has 1 amide bonds. The monoisotopic (exact) mass is 250 g/mol. The Morgan fingerprint density at radius 2 is 2.11 bits per heavy atom. The lowest BCUT2D eigenvalue weighted by molar-refractivity contribution is -0.116. The quantitative estimate of drug-likeness (QED) is 0.729. The van der Waals surface area contributed by atoms with E-state index < -0.39 is 5.97 Å². The molecule has 0 unspecified atom stereocenters. The van der Waals surface area contributed by atoms with Gasteiger partial charge in [0.25, 0.3) is 0 Å². The van der Waals surface area contributed by atoms with Gasteiger partial charge in [0.15, 0.2) is 0 Å². The first-order valence-electron chi connectivity index (χ1n) is 6.12. The number of aromatic nitrogens is 1. The molecule has 0 bridgehead atoms. The minimum atomic E-state index is -1.10. The second-order valence-electron chi connectivity index (χ2n) is 4.09. The number of carbonyl (C=O) groups is 2. The summed E-state index contributed by atoms with van der Waals surface area (Å²) in [5, 5.41) is 11.4. The number of carboxylic acids is 1. The van der Waals surface area contributed by atoms with Gasteiger partial charge in [0, 0.05) is 18.3 Å². The van der Waals surface area contributed by atoms with Crippen LogP contribution in [0.2, 0.25) is 0 Å². The van der Waals surface area contributed by atoms with Gasteiger partial charge < -0.3 is 10.4 Å². The molecule has 2 N–H and O–H groups in total. The third kappa shape index (κ3) is 4.95. The van der Waals surface area contributed by atoms with E-state index in [4.69, 9.17) is 5.11 Å². The molecule has 0 radical (unpaired) electrons. The van der Waals surface area contributed by atoms with Crippen molar-refractivity contribution in [1.82, 2.24) is 4.98 Å². The second kappa shape index (κ2) is 7.42. The van der Waals surface area contributed by atoms with Crippen LogP contribution in [0.3, 0.4) is 0 Å². The highest BCUT2D eigenvalue weighted by Crippen LogP contribution is 2.10. The fourth-order valence-electron chi connectivity index (χ4n) is 1.56. The predicted molar refractivity (Wildman–Crippen MR) is 68.6 cm³/mol. The number of rotatable bonds is 7. The topological polar surface area (TPSA) is 79.3 Å². The van der Waals surface area contributed by atoms with Crippen LogP contribution in [0.15, 0.2) is 18.3 Å². The number of aromatic carboxylic acids is 1. The van der Waals surface area contributed by atoms with Gasteiger partial charge in [-0.2, -0.15) is 0 Å². The van der Waals surface area contributed by atoms with Crippen LogP contribution in [-0.2, 0) is 4.79 Å². The minimum Gasteiger partial charge on any atom is -0.477 e. The Bertz CT molecular complexity index is 418. The number of unbranched alkanes of at least 4 members (excludes halogenated alkanes) is 3. The Kier molecular flexibility index (Phi) is 5.84. The molecule has 1 aromatic rings. The molecule has 0 aliphatic rings. The largest absolute Gasteiger partial charge is 0.477 e. The van der Waals surface area contributed by atoms with E-state index >= 15 is 0 Å². The standard InChI is InChI=1S/C13H18N2O3/c1-2-3-4-5-6-12(16)15-10-7-8-14-11(9-10)13(17)18/h7-9H,2-6H2,1H3,(H,17,18)(H,14,15,16). The van der Waals surface area contributed by atoms with Gasteiger partial charge in [-0.15, -0.1) is 0 Å². The molecule has 1 heterocycles. The van der Waals surface area contributed by atoms with E-state index in [9.17, 15) is 9.59 Å². The van der Waals surface area contributed by atoms with Crippen LogP contribution in [-0.4, -0.2) is 22.0 Å². The highest BCUT2D eigenvalue weighted by atomic mass is 16.4. The SMILES string of the molecule is CCCCCCC(=O)Nc1ccnc(C(=O)O)c1. The van der Waals surface area contributed by atoms with Gasteiger partial charge in [-0.05, 0) is 18.6 Å². The molecule has 98 valence electrons. The number of hydrogen-bond acceptors (Lipinski definition) is 3. The predicted octanol–water partition coefficient (Wildman–Crippen LogP) is 2.69. The van der Waals surface area contributed by atoms with Crippen molar-refractivity contribution in [2.24, 2.45) is 0 Å². The van der Waals surface area contributed by atoms with Crippen LogP contribution in [0.5, 0.6) is 0 Å². The van der Waals surface area contributed by atoms with Gasteiger partial charge in [-0.3, -0.25) is 4.79 Å². The highest BCUT2D eigenvalue weighted by Gasteiger charge is 2.07. The number of hydrogen-bond donors (Lipinski definition) is 2. The molecule has 5 heteroatoms. The zero-order valence-electron chi connectivity index (χ0n) is 10.5. The van der Waals surface area contributed by atoms with Crippen molar-refractivity contribution < 1.29 is 14.7 Å². The number of carbonyl (C=O) groups excluding carboxylic acids is 1. The van der Waals surface area contributed by atoms with Gasteiger partial charge >= 0.3 is 5.97 Å². The van der Waals surface area contributed by atoms with Gasteiger partial charge in [0.1, 0.15) is 5.69 Å². The molecule has 0 aromatic carbocycles. The summed E-state index contributed by atoms with van der Waals surface area (Å²) >= 11 is 0. The van der Waals surface area contributed by atoms with Crippen molar-refractivity contribution in [3.05, 3.63) is 24.0 Å². The molecule has 0 saturated carbocycles. The zero-order chi connectivity index (χ0) is 13.4. The molecule has 18 heavy (non-hydrogen) atoms. The van der Waals surface area contributed by atoms with Crippen LogP contribution >= 0.6 is 0 Å². The molecule has 0 aliphatic heterocycles. The van der Waals surface area contributed by atoms with Crippen molar-refractivity contribution in [1.29, 1.82) is 0 Å². The lowest BCUT2D eigenvalue weighted by atomic mass is 10.1. The number of pyridine rings is 1. The first-order valence-corrected chi connectivity index (χ1v) is 6.12. The van der Waals surface area contributed by atoms with Gasteiger partial charge in [-0.25, -0.2) is 9.78 Å². The summed E-state index contributed by atoms with van der Waals surface area (Å²) in [6, 6.07) is 2.93. The van der Waals surface area contributed by atoms with Crippen LogP contribution in [0.1, 0.15) is 49.5 Å². The summed E-state index contributed by atoms with van der Waals surface area (Å²) in [5.74, 6) is -1.19. The van der Waals surface area contributed by atoms with Gasteiger partial charge in [0.05, 0.1) is 0 Å². The van der Waals surface area contributed by atoms with Gasteiger partial charge in [0.2, 0.25) is 5.91 Å². The molecule has 0 atom stereocenters. The zero-order valence-corrected chi connectivity index (χ0v) is 10.5. The summed E-state index contributed by atoms with van der Waals surface area (Å²) < 4.78 is 0. The Morgan fingerprint density at radius 1 is 1.33 bits per heavy atom. The molecular weight excluding hydrogens is 232 g/mol. The van der Waals surface area contributed by atoms with Crippen LogP contribution in [0, 0.1) is 0 Å². The third-order valence-electron chi connectivity index (χ3n) is 2.52. The van der Waals surface area contributed by atoms with E-state index in [-0.39, 0.29) is 11.6 Å². The first-order chi connectivity index (χ1) is 8.63. The molecule has 0 fully saturated rings. The van der Waals surface area contributed by atoms with E-state index in [1.165, 1.54) is 12.3 Å². The van der Waals surface area contributed by atoms with Crippen LogP contribution < -0.4 is 5.32 Å². The summed E-state index contributed by atoms with van der Waals surface area (Å²) in [5.41, 5.74) is 0.404. The summed E-state index contributed by atoms with van der Waals surface area (Å²) in [6.07, 6.45) is 6.00. The molecule has 0 saturated heterocycles. The highest BCUT2D eigenvalue weighted by molar-refractivity contribution is 5.92. The Morgan fingerprint density at radius 3 is 2.78 bits per heavy atom. The Hall–Kier alpha value is -1.91. The molecule has 1 rings (SSSR count). The fourth-order valence-corrected chi connectivity index (χ4v) is 1.56. The van der Waals surface area contributed by atoms with Crippen LogP contribution in [0.25, 0.3) is 0 Å². The smallest absolute Gasteiger partial charge is 0.354 e. The molecule has 0 spiro atoms. The van der Waals surface area contributed by atoms with Crippen molar-refractivity contribution in [2.45, 2.75) is 39.0 Å². The molecule has 1 aromatic heterocycles. The lowest BCUT2D eigenvalue weighted by Crippen LogP contribution is -2.12. The Balaban J connectivity index is 2.44. The molecule has 0 aliphatic carbocycles. The van der Waals surface area contributed by atoms with E-state index in [0.717, 1.165) is 25.7 Å². The van der Waals surface area contributed by atoms with Crippen molar-refractivity contribution in [3.63, 3.8) is 0 Å². The molecule has 5 nitrogen and oxygen atoms in total. The van der Waals surface area contributed by atoms with E-state index in [1.807, 2.05) is 0 Å². The number of carboxylic acid groups (broad SMARTS) is 1. The van der Waals surface area contributed by atoms with Gasteiger partial charge in [-0.1, -0.05) is 26.2 Å². The second-order valence-corrected chi connectivity index (χ2v) is 4.09. The first kappa shape index (κ1) is 14.2. The Labute approximate surface area is 106 Å². The maximum atomic E-state index is 11.6. The summed E-state index contributed by atoms with van der Waals surface area (Å²) in [4.78, 5) is 26.0. The number of nitrogens with zero attached hydrogens (tertiary/aromatic N) is 1. The molecular formula is C13H18N2O3. The van der Waals surface area contributed by atoms with E-state index in [0.29, 0.717) is 12.1 Å². The van der Waals surface area contributed by atoms with Crippen molar-refractivity contribution in [2.75, 3.05) is 5.32 Å².